The lowest BCUT2D eigenvalue weighted by Crippen LogP contribution is -2.20. The number of rotatable bonds is 12. The van der Waals surface area contributed by atoms with E-state index in [0.29, 0.717) is 0 Å². The van der Waals surface area contributed by atoms with Crippen molar-refractivity contribution in [1.29, 1.82) is 0 Å². The van der Waals surface area contributed by atoms with Gasteiger partial charge in [-0.05, 0) is 38.9 Å². The van der Waals surface area contributed by atoms with E-state index in [2.05, 4.69) is 12.2 Å². The highest BCUT2D eigenvalue weighted by Crippen LogP contribution is 1.98. The lowest BCUT2D eigenvalue weighted by atomic mass is 10.2. The highest BCUT2D eigenvalue weighted by atomic mass is 16.5. The molecule has 92 valence electrons. The molecule has 0 fully saturated rings. The maximum absolute atomic E-state index is 5.52. The Morgan fingerprint density at radius 3 is 2.40 bits per heavy atom. The molecule has 0 atom stereocenters. The molecule has 0 saturated carbocycles. The van der Waals surface area contributed by atoms with E-state index >= 15 is 0 Å². The number of hydrogen-bond donors (Lipinski definition) is 2. The molecule has 0 bridgehead atoms. The molecule has 0 aliphatic rings. The standard InChI is InChI=1S/C12H28N2O/c1-2-3-4-5-11-15-12-7-10-14-9-6-8-13/h14H,2-13H2,1H3. The second-order valence-corrected chi connectivity index (χ2v) is 3.92. The Balaban J connectivity index is 2.81. The maximum Gasteiger partial charge on any atom is 0.0478 e. The summed E-state index contributed by atoms with van der Waals surface area (Å²) in [6.45, 7) is 6.92. The second-order valence-electron chi connectivity index (χ2n) is 3.92. The second kappa shape index (κ2) is 13.9. The van der Waals surface area contributed by atoms with Gasteiger partial charge in [0.05, 0.1) is 0 Å². The molecule has 0 aromatic carbocycles. The van der Waals surface area contributed by atoms with Crippen LogP contribution in [0.2, 0.25) is 0 Å². The molecule has 15 heavy (non-hydrogen) atoms. The van der Waals surface area contributed by atoms with E-state index in [0.717, 1.165) is 45.7 Å². The minimum absolute atomic E-state index is 0.779. The molecule has 0 spiro atoms. The van der Waals surface area contributed by atoms with Crippen LogP contribution < -0.4 is 11.1 Å². The molecule has 0 heterocycles. The smallest absolute Gasteiger partial charge is 0.0478 e. The Hall–Kier alpha value is -0.120. The normalized spacial score (nSPS) is 10.8. The fourth-order valence-electron chi connectivity index (χ4n) is 1.38. The molecular weight excluding hydrogens is 188 g/mol. The summed E-state index contributed by atoms with van der Waals surface area (Å²) in [6.07, 6.45) is 7.34. The zero-order valence-corrected chi connectivity index (χ0v) is 10.3. The van der Waals surface area contributed by atoms with Crippen LogP contribution in [0.4, 0.5) is 0 Å². The van der Waals surface area contributed by atoms with Gasteiger partial charge in [-0.15, -0.1) is 0 Å². The van der Waals surface area contributed by atoms with Gasteiger partial charge in [-0.1, -0.05) is 26.2 Å². The van der Waals surface area contributed by atoms with Gasteiger partial charge in [0.15, 0.2) is 0 Å². The van der Waals surface area contributed by atoms with Gasteiger partial charge in [-0.2, -0.15) is 0 Å². The fourth-order valence-corrected chi connectivity index (χ4v) is 1.38. The van der Waals surface area contributed by atoms with Gasteiger partial charge in [-0.3, -0.25) is 0 Å². The monoisotopic (exact) mass is 216 g/mol. The SMILES string of the molecule is CCCCCCOCCCNCCCN. The van der Waals surface area contributed by atoms with E-state index in [1.807, 2.05) is 0 Å². The summed E-state index contributed by atoms with van der Waals surface area (Å²) in [5.74, 6) is 0. The van der Waals surface area contributed by atoms with E-state index in [1.165, 1.54) is 25.7 Å². The quantitative estimate of drug-likeness (QED) is 0.490. The number of nitrogens with one attached hydrogen (secondary N) is 1. The number of ether oxygens (including phenoxy) is 1. The molecule has 0 saturated heterocycles. The van der Waals surface area contributed by atoms with E-state index in [-0.39, 0.29) is 0 Å². The van der Waals surface area contributed by atoms with Gasteiger partial charge < -0.3 is 15.8 Å². The van der Waals surface area contributed by atoms with Gasteiger partial charge in [-0.25, -0.2) is 0 Å². The lowest BCUT2D eigenvalue weighted by molar-refractivity contribution is 0.127. The van der Waals surface area contributed by atoms with Crippen LogP contribution >= 0.6 is 0 Å². The van der Waals surface area contributed by atoms with Crippen LogP contribution in [0.1, 0.15) is 45.4 Å². The van der Waals surface area contributed by atoms with Crippen molar-refractivity contribution in [3.63, 3.8) is 0 Å². The van der Waals surface area contributed by atoms with Crippen molar-refractivity contribution < 1.29 is 4.74 Å². The summed E-state index contributed by atoms with van der Waals surface area (Å²) in [5.41, 5.74) is 5.38. The molecule has 0 unspecified atom stereocenters. The van der Waals surface area contributed by atoms with Crippen LogP contribution in [0.15, 0.2) is 0 Å². The Labute approximate surface area is 94.8 Å². The average molecular weight is 216 g/mol. The third kappa shape index (κ3) is 13.9. The topological polar surface area (TPSA) is 47.3 Å². The molecule has 0 radical (unpaired) electrons. The molecule has 3 nitrogen and oxygen atoms in total. The number of nitrogens with two attached hydrogens (primary N) is 1. The first-order chi connectivity index (χ1) is 7.41. The van der Waals surface area contributed by atoms with Crippen molar-refractivity contribution >= 4 is 0 Å². The first-order valence-electron chi connectivity index (χ1n) is 6.40. The van der Waals surface area contributed by atoms with Crippen LogP contribution in [0.25, 0.3) is 0 Å². The molecule has 3 N–H and O–H groups in total. The minimum atomic E-state index is 0.779. The van der Waals surface area contributed by atoms with Crippen LogP contribution in [0.5, 0.6) is 0 Å². The number of hydrogen-bond acceptors (Lipinski definition) is 3. The Morgan fingerprint density at radius 2 is 1.67 bits per heavy atom. The van der Waals surface area contributed by atoms with Crippen LogP contribution in [-0.2, 0) is 4.74 Å². The van der Waals surface area contributed by atoms with E-state index in [4.69, 9.17) is 10.5 Å². The van der Waals surface area contributed by atoms with E-state index in [1.54, 1.807) is 0 Å². The van der Waals surface area contributed by atoms with Crippen molar-refractivity contribution in [3.05, 3.63) is 0 Å². The lowest BCUT2D eigenvalue weighted by Gasteiger charge is -2.05. The highest BCUT2D eigenvalue weighted by Gasteiger charge is 1.90. The van der Waals surface area contributed by atoms with Gasteiger partial charge in [0, 0.05) is 13.2 Å². The van der Waals surface area contributed by atoms with Crippen LogP contribution in [0.3, 0.4) is 0 Å². The third-order valence-electron chi connectivity index (χ3n) is 2.34. The molecule has 0 aromatic rings. The molecule has 3 heteroatoms. The summed E-state index contributed by atoms with van der Waals surface area (Å²) in [5, 5.41) is 3.34. The Morgan fingerprint density at radius 1 is 0.933 bits per heavy atom. The average Bonchev–Trinajstić information content (AvgIpc) is 2.26. The summed E-state index contributed by atoms with van der Waals surface area (Å²) in [7, 11) is 0. The van der Waals surface area contributed by atoms with E-state index < -0.39 is 0 Å². The first kappa shape index (κ1) is 14.9. The van der Waals surface area contributed by atoms with Gasteiger partial charge >= 0.3 is 0 Å². The zero-order chi connectivity index (χ0) is 11.2. The largest absolute Gasteiger partial charge is 0.381 e. The molecule has 0 aliphatic heterocycles. The maximum atomic E-state index is 5.52. The van der Waals surface area contributed by atoms with Crippen molar-refractivity contribution in [2.45, 2.75) is 45.4 Å². The summed E-state index contributed by atoms with van der Waals surface area (Å²) in [6, 6.07) is 0. The van der Waals surface area contributed by atoms with Crippen LogP contribution in [-0.4, -0.2) is 32.8 Å². The Bertz CT molecular complexity index is 97.8. The van der Waals surface area contributed by atoms with Crippen molar-refractivity contribution in [2.24, 2.45) is 5.73 Å². The molecule has 0 aromatic heterocycles. The summed E-state index contributed by atoms with van der Waals surface area (Å²) < 4.78 is 5.52. The zero-order valence-electron chi connectivity index (χ0n) is 10.3. The highest BCUT2D eigenvalue weighted by molar-refractivity contribution is 4.48. The minimum Gasteiger partial charge on any atom is -0.381 e. The summed E-state index contributed by atoms with van der Waals surface area (Å²) in [4.78, 5) is 0. The molecule has 0 amide bonds. The third-order valence-corrected chi connectivity index (χ3v) is 2.34. The van der Waals surface area contributed by atoms with Gasteiger partial charge in [0.2, 0.25) is 0 Å². The van der Waals surface area contributed by atoms with E-state index in [9.17, 15) is 0 Å². The van der Waals surface area contributed by atoms with Crippen molar-refractivity contribution in [3.8, 4) is 0 Å². The van der Waals surface area contributed by atoms with Gasteiger partial charge in [0.1, 0.15) is 0 Å². The van der Waals surface area contributed by atoms with Crippen molar-refractivity contribution in [1.82, 2.24) is 5.32 Å². The summed E-state index contributed by atoms with van der Waals surface area (Å²) >= 11 is 0. The predicted octanol–water partition coefficient (Wildman–Crippen LogP) is 1.91. The van der Waals surface area contributed by atoms with Crippen LogP contribution in [0, 0.1) is 0 Å². The molecule has 0 aliphatic carbocycles. The van der Waals surface area contributed by atoms with Crippen molar-refractivity contribution in [2.75, 3.05) is 32.8 Å². The predicted molar refractivity (Wildman–Crippen MR) is 66.1 cm³/mol. The Kier molecular flexibility index (Phi) is 13.8. The molecule has 0 rings (SSSR count). The first-order valence-corrected chi connectivity index (χ1v) is 6.40. The number of unbranched alkanes of at least 4 members (excludes halogenated alkanes) is 3. The van der Waals surface area contributed by atoms with Gasteiger partial charge in [0.25, 0.3) is 0 Å². The molecular formula is C12H28N2O. The fraction of sp³-hybridized carbons (Fsp3) is 1.00.